The quantitative estimate of drug-likeness (QED) is 0.781. The van der Waals surface area contributed by atoms with Gasteiger partial charge in [-0.25, -0.2) is 4.98 Å². The van der Waals surface area contributed by atoms with Crippen LogP contribution in [0.4, 0.5) is 0 Å². The zero-order valence-corrected chi connectivity index (χ0v) is 17.5. The van der Waals surface area contributed by atoms with Crippen molar-refractivity contribution in [3.05, 3.63) is 54.1 Å². The molecule has 1 amide bonds. The predicted octanol–water partition coefficient (Wildman–Crippen LogP) is 2.56. The monoisotopic (exact) mass is 395 g/mol. The lowest BCUT2D eigenvalue weighted by Gasteiger charge is -2.33. The fraction of sp³-hybridized carbons (Fsp3) is 0.565. The lowest BCUT2D eigenvalue weighted by Crippen LogP contribution is -2.44. The molecule has 0 unspecified atom stereocenters. The number of likely N-dealkylation sites (tertiary alicyclic amines) is 1. The van der Waals surface area contributed by atoms with E-state index in [0.29, 0.717) is 18.5 Å². The highest BCUT2D eigenvalue weighted by atomic mass is 16.2. The molecule has 0 bridgehead atoms. The van der Waals surface area contributed by atoms with Gasteiger partial charge in [-0.15, -0.1) is 0 Å². The zero-order valence-electron chi connectivity index (χ0n) is 17.5. The molecule has 3 heterocycles. The van der Waals surface area contributed by atoms with E-state index in [-0.39, 0.29) is 0 Å². The third-order valence-electron chi connectivity index (χ3n) is 6.46. The van der Waals surface area contributed by atoms with Crippen molar-refractivity contribution in [3.63, 3.8) is 0 Å². The molecule has 0 spiro atoms. The number of nitrogens with zero attached hydrogens (tertiary/aromatic N) is 5. The van der Waals surface area contributed by atoms with E-state index >= 15 is 0 Å². The second kappa shape index (κ2) is 9.55. The SMILES string of the molecule is Cc1ccccc1CN1CCCN(C(=O)CN2CCC(n3ccnc3)CC2)CC1. The van der Waals surface area contributed by atoms with E-state index in [9.17, 15) is 4.79 Å². The standard InChI is InChI=1S/C23H33N5O/c1-20-5-2-3-6-21(20)17-25-10-4-11-27(16-15-25)23(29)18-26-12-7-22(8-13-26)28-14-9-24-19-28/h2-3,5-6,9,14,19,22H,4,7-8,10-13,15-18H2,1H3. The average Bonchev–Trinajstić information content (AvgIpc) is 3.17. The third-order valence-corrected chi connectivity index (χ3v) is 6.46. The molecule has 2 aliphatic heterocycles. The van der Waals surface area contributed by atoms with Gasteiger partial charge in [0.05, 0.1) is 12.9 Å². The molecule has 2 saturated heterocycles. The molecular formula is C23H33N5O. The maximum atomic E-state index is 12.9. The van der Waals surface area contributed by atoms with Crippen LogP contribution < -0.4 is 0 Å². The van der Waals surface area contributed by atoms with Gasteiger partial charge < -0.3 is 9.47 Å². The largest absolute Gasteiger partial charge is 0.340 e. The summed E-state index contributed by atoms with van der Waals surface area (Å²) < 4.78 is 2.21. The van der Waals surface area contributed by atoms with Gasteiger partial charge in [0, 0.05) is 64.2 Å². The molecule has 0 atom stereocenters. The first kappa shape index (κ1) is 20.1. The molecule has 156 valence electrons. The molecule has 2 aromatic rings. The number of piperidine rings is 1. The Morgan fingerprint density at radius 3 is 2.62 bits per heavy atom. The van der Waals surface area contributed by atoms with E-state index in [4.69, 9.17) is 0 Å². The molecule has 1 aromatic heterocycles. The molecule has 0 saturated carbocycles. The number of aromatic nitrogens is 2. The fourth-order valence-electron chi connectivity index (χ4n) is 4.56. The van der Waals surface area contributed by atoms with Gasteiger partial charge in [-0.1, -0.05) is 24.3 Å². The minimum atomic E-state index is 0.295. The normalized spacial score (nSPS) is 20.0. The highest BCUT2D eigenvalue weighted by Gasteiger charge is 2.25. The van der Waals surface area contributed by atoms with Crippen molar-refractivity contribution >= 4 is 5.91 Å². The van der Waals surface area contributed by atoms with Crippen LogP contribution in [0.1, 0.15) is 36.4 Å². The molecule has 6 nitrogen and oxygen atoms in total. The van der Waals surface area contributed by atoms with Crippen LogP contribution in [0.15, 0.2) is 43.0 Å². The molecule has 1 aromatic carbocycles. The lowest BCUT2D eigenvalue weighted by atomic mass is 10.0. The van der Waals surface area contributed by atoms with Crippen molar-refractivity contribution in [1.29, 1.82) is 0 Å². The first-order valence-electron chi connectivity index (χ1n) is 10.9. The topological polar surface area (TPSA) is 44.6 Å². The summed E-state index contributed by atoms with van der Waals surface area (Å²) in [7, 11) is 0. The van der Waals surface area contributed by atoms with Gasteiger partial charge in [0.2, 0.25) is 5.91 Å². The number of hydrogen-bond acceptors (Lipinski definition) is 4. The number of amides is 1. The minimum Gasteiger partial charge on any atom is -0.340 e. The molecule has 0 aliphatic carbocycles. The van der Waals surface area contributed by atoms with Gasteiger partial charge >= 0.3 is 0 Å². The van der Waals surface area contributed by atoms with E-state index in [1.807, 2.05) is 18.7 Å². The van der Waals surface area contributed by atoms with E-state index in [2.05, 4.69) is 55.4 Å². The third kappa shape index (κ3) is 5.25. The zero-order chi connectivity index (χ0) is 20.1. The molecule has 0 N–H and O–H groups in total. The second-order valence-electron chi connectivity index (χ2n) is 8.45. The minimum absolute atomic E-state index is 0.295. The summed E-state index contributed by atoms with van der Waals surface area (Å²) in [6.07, 6.45) is 9.04. The number of imidazole rings is 1. The van der Waals surface area contributed by atoms with E-state index in [1.54, 1.807) is 0 Å². The van der Waals surface area contributed by atoms with Crippen LogP contribution in [-0.4, -0.2) is 76.0 Å². The predicted molar refractivity (Wildman–Crippen MR) is 115 cm³/mol. The van der Waals surface area contributed by atoms with E-state index < -0.39 is 0 Å². The van der Waals surface area contributed by atoms with E-state index in [0.717, 1.165) is 65.1 Å². The summed E-state index contributed by atoms with van der Waals surface area (Å²) in [5.41, 5.74) is 2.75. The summed E-state index contributed by atoms with van der Waals surface area (Å²) in [6.45, 7) is 9.45. The van der Waals surface area contributed by atoms with Crippen LogP contribution in [0.2, 0.25) is 0 Å². The number of hydrogen-bond donors (Lipinski definition) is 0. The summed E-state index contributed by atoms with van der Waals surface area (Å²) in [5.74, 6) is 0.295. The number of benzene rings is 1. The molecule has 29 heavy (non-hydrogen) atoms. The molecule has 4 rings (SSSR count). The molecule has 2 aliphatic rings. The van der Waals surface area contributed by atoms with Gasteiger partial charge in [-0.3, -0.25) is 14.6 Å². The Balaban J connectivity index is 1.23. The Morgan fingerprint density at radius 2 is 1.86 bits per heavy atom. The van der Waals surface area contributed by atoms with Gasteiger partial charge in [0.1, 0.15) is 0 Å². The highest BCUT2D eigenvalue weighted by molar-refractivity contribution is 5.78. The van der Waals surface area contributed by atoms with Crippen molar-refractivity contribution in [2.24, 2.45) is 0 Å². The summed E-state index contributed by atoms with van der Waals surface area (Å²) in [4.78, 5) is 24.0. The van der Waals surface area contributed by atoms with Crippen molar-refractivity contribution in [2.75, 3.05) is 45.8 Å². The maximum Gasteiger partial charge on any atom is 0.236 e. The fourth-order valence-corrected chi connectivity index (χ4v) is 4.56. The van der Waals surface area contributed by atoms with Crippen LogP contribution in [0, 0.1) is 6.92 Å². The Labute approximate surface area is 174 Å². The lowest BCUT2D eigenvalue weighted by molar-refractivity contribution is -0.132. The van der Waals surface area contributed by atoms with Crippen molar-refractivity contribution in [1.82, 2.24) is 24.3 Å². The molecule has 0 radical (unpaired) electrons. The van der Waals surface area contributed by atoms with Crippen molar-refractivity contribution < 1.29 is 4.79 Å². The van der Waals surface area contributed by atoms with Crippen LogP contribution in [0.3, 0.4) is 0 Å². The average molecular weight is 396 g/mol. The Morgan fingerprint density at radius 1 is 1.03 bits per heavy atom. The molecular weight excluding hydrogens is 362 g/mol. The smallest absolute Gasteiger partial charge is 0.236 e. The van der Waals surface area contributed by atoms with Gasteiger partial charge in [0.15, 0.2) is 0 Å². The van der Waals surface area contributed by atoms with Crippen LogP contribution >= 0.6 is 0 Å². The number of carbonyl (C=O) groups excluding carboxylic acids is 1. The number of rotatable bonds is 5. The van der Waals surface area contributed by atoms with Crippen molar-refractivity contribution in [3.8, 4) is 0 Å². The first-order valence-corrected chi connectivity index (χ1v) is 10.9. The van der Waals surface area contributed by atoms with Crippen LogP contribution in [0.25, 0.3) is 0 Å². The Bertz CT molecular complexity index is 782. The summed E-state index contributed by atoms with van der Waals surface area (Å²) >= 11 is 0. The Kier molecular flexibility index (Phi) is 6.62. The Hall–Kier alpha value is -2.18. The van der Waals surface area contributed by atoms with Gasteiger partial charge in [-0.05, 0) is 37.3 Å². The maximum absolute atomic E-state index is 12.9. The molecule has 6 heteroatoms. The summed E-state index contributed by atoms with van der Waals surface area (Å²) in [5, 5.41) is 0. The summed E-state index contributed by atoms with van der Waals surface area (Å²) in [6, 6.07) is 9.14. The number of aryl methyl sites for hydroxylation is 1. The molecule has 2 fully saturated rings. The van der Waals surface area contributed by atoms with Crippen LogP contribution in [-0.2, 0) is 11.3 Å². The van der Waals surface area contributed by atoms with Crippen molar-refractivity contribution in [2.45, 2.75) is 38.8 Å². The number of carbonyl (C=O) groups is 1. The second-order valence-corrected chi connectivity index (χ2v) is 8.45. The first-order chi connectivity index (χ1) is 14.2. The van der Waals surface area contributed by atoms with Crippen LogP contribution in [0.5, 0.6) is 0 Å². The van der Waals surface area contributed by atoms with Gasteiger partial charge in [-0.2, -0.15) is 0 Å². The van der Waals surface area contributed by atoms with E-state index in [1.165, 1.54) is 11.1 Å². The highest BCUT2D eigenvalue weighted by Crippen LogP contribution is 2.22. The van der Waals surface area contributed by atoms with Gasteiger partial charge in [0.25, 0.3) is 0 Å².